The molecule has 0 spiro atoms. The van der Waals surface area contributed by atoms with Crippen LogP contribution >= 0.6 is 0 Å². The number of ether oxygens (including phenoxy) is 2. The Kier molecular flexibility index (Phi) is 6.93. The van der Waals surface area contributed by atoms with Gasteiger partial charge in [0.05, 0.1) is 11.9 Å². The van der Waals surface area contributed by atoms with E-state index >= 15 is 4.39 Å². The van der Waals surface area contributed by atoms with Gasteiger partial charge < -0.3 is 9.47 Å². The lowest BCUT2D eigenvalue weighted by molar-refractivity contribution is -0.0498. The van der Waals surface area contributed by atoms with Crippen molar-refractivity contribution in [3.8, 4) is 22.8 Å². The fraction of sp³-hybridized carbons (Fsp3) is 0.148. The Morgan fingerprint density at radius 2 is 1.70 bits per heavy atom. The summed E-state index contributed by atoms with van der Waals surface area (Å²) in [6.07, 6.45) is 4.40. The van der Waals surface area contributed by atoms with Gasteiger partial charge in [-0.2, -0.15) is 8.78 Å². The summed E-state index contributed by atoms with van der Waals surface area (Å²) in [5.41, 5.74) is 3.17. The first-order valence-electron chi connectivity index (χ1n) is 10.5. The van der Waals surface area contributed by atoms with E-state index in [4.69, 9.17) is 4.74 Å². The molecule has 0 aliphatic carbocycles. The second-order valence-corrected chi connectivity index (χ2v) is 7.48. The predicted octanol–water partition coefficient (Wildman–Crippen LogP) is 6.99. The van der Waals surface area contributed by atoms with Gasteiger partial charge in [-0.05, 0) is 59.7 Å². The number of rotatable bonds is 9. The summed E-state index contributed by atoms with van der Waals surface area (Å²) in [7, 11) is 0. The number of pyridine rings is 1. The summed E-state index contributed by atoms with van der Waals surface area (Å²) in [6.45, 7) is 1.18. The highest BCUT2D eigenvalue weighted by molar-refractivity contribution is 5.88. The molecule has 6 heteroatoms. The smallest absolute Gasteiger partial charge is 0.387 e. The van der Waals surface area contributed by atoms with Crippen LogP contribution in [0.1, 0.15) is 11.1 Å². The van der Waals surface area contributed by atoms with Gasteiger partial charge in [0, 0.05) is 10.9 Å². The fourth-order valence-electron chi connectivity index (χ4n) is 3.60. The molecule has 1 heterocycles. The number of nitrogens with zero attached hydrogens (tertiary/aromatic N) is 1. The van der Waals surface area contributed by atoms with E-state index in [0.29, 0.717) is 36.1 Å². The lowest BCUT2D eigenvalue weighted by atomic mass is 9.98. The van der Waals surface area contributed by atoms with Gasteiger partial charge in [0.25, 0.3) is 0 Å². The maximum absolute atomic E-state index is 15.1. The van der Waals surface area contributed by atoms with Crippen LogP contribution in [0, 0.1) is 5.82 Å². The van der Waals surface area contributed by atoms with Crippen molar-refractivity contribution < 1.29 is 22.6 Å². The van der Waals surface area contributed by atoms with Crippen LogP contribution in [0.3, 0.4) is 0 Å². The third-order valence-corrected chi connectivity index (χ3v) is 5.27. The van der Waals surface area contributed by atoms with E-state index in [9.17, 15) is 8.78 Å². The minimum absolute atomic E-state index is 0.106. The standard InChI is InChI=1S/C27H22F3NO2/c1-2-15-32-23-12-14-25(31-17-23)21-9-13-24-20(16-21)8-7-19(26(24)28)6-3-18-4-10-22(11-5-18)33-27(29)30/h2,4-5,7-14,16-17,27H,1,3,6,15H2. The molecule has 0 fully saturated rings. The van der Waals surface area contributed by atoms with Gasteiger partial charge >= 0.3 is 6.61 Å². The maximum Gasteiger partial charge on any atom is 0.387 e. The molecule has 3 aromatic carbocycles. The Hall–Kier alpha value is -3.80. The van der Waals surface area contributed by atoms with Crippen molar-refractivity contribution in [2.45, 2.75) is 19.5 Å². The van der Waals surface area contributed by atoms with E-state index in [1.54, 1.807) is 36.5 Å². The minimum atomic E-state index is -2.85. The predicted molar refractivity (Wildman–Crippen MR) is 123 cm³/mol. The van der Waals surface area contributed by atoms with Crippen LogP contribution in [0.5, 0.6) is 11.5 Å². The van der Waals surface area contributed by atoms with Crippen molar-refractivity contribution in [1.82, 2.24) is 4.98 Å². The second kappa shape index (κ2) is 10.2. The minimum Gasteiger partial charge on any atom is -0.488 e. The van der Waals surface area contributed by atoms with Crippen LogP contribution in [0.4, 0.5) is 13.2 Å². The Balaban J connectivity index is 1.48. The Morgan fingerprint density at radius 3 is 2.39 bits per heavy atom. The first-order valence-corrected chi connectivity index (χ1v) is 10.5. The average molecular weight is 449 g/mol. The largest absolute Gasteiger partial charge is 0.488 e. The maximum atomic E-state index is 15.1. The Morgan fingerprint density at radius 1 is 0.909 bits per heavy atom. The second-order valence-electron chi connectivity index (χ2n) is 7.48. The Bertz CT molecular complexity index is 1240. The zero-order valence-corrected chi connectivity index (χ0v) is 17.8. The molecule has 168 valence electrons. The van der Waals surface area contributed by atoms with E-state index < -0.39 is 6.61 Å². The van der Waals surface area contributed by atoms with E-state index in [1.165, 1.54) is 12.1 Å². The zero-order valence-electron chi connectivity index (χ0n) is 17.8. The summed E-state index contributed by atoms with van der Waals surface area (Å²) < 4.78 is 49.5. The summed E-state index contributed by atoms with van der Waals surface area (Å²) in [4.78, 5) is 4.43. The molecule has 4 aromatic rings. The highest BCUT2D eigenvalue weighted by Crippen LogP contribution is 2.28. The number of fused-ring (bicyclic) bond motifs is 1. The summed E-state index contributed by atoms with van der Waals surface area (Å²) >= 11 is 0. The van der Waals surface area contributed by atoms with E-state index in [0.717, 1.165) is 22.2 Å². The molecule has 0 aliphatic rings. The van der Waals surface area contributed by atoms with Crippen LogP contribution in [-0.4, -0.2) is 18.2 Å². The van der Waals surface area contributed by atoms with E-state index in [-0.39, 0.29) is 11.6 Å². The van der Waals surface area contributed by atoms with Gasteiger partial charge in [0.1, 0.15) is 23.9 Å². The number of aromatic nitrogens is 1. The number of benzene rings is 3. The van der Waals surface area contributed by atoms with Crippen molar-refractivity contribution in [2.24, 2.45) is 0 Å². The zero-order chi connectivity index (χ0) is 23.2. The van der Waals surface area contributed by atoms with Crippen LogP contribution in [-0.2, 0) is 12.8 Å². The molecule has 0 unspecified atom stereocenters. The van der Waals surface area contributed by atoms with Crippen LogP contribution < -0.4 is 9.47 Å². The lowest BCUT2D eigenvalue weighted by Crippen LogP contribution is -2.02. The van der Waals surface area contributed by atoms with Gasteiger partial charge in [-0.15, -0.1) is 0 Å². The summed E-state index contributed by atoms with van der Waals surface area (Å²) in [6, 6.07) is 19.3. The van der Waals surface area contributed by atoms with Gasteiger partial charge in [-0.25, -0.2) is 4.39 Å². The molecule has 3 nitrogen and oxygen atoms in total. The molecular formula is C27H22F3NO2. The first-order chi connectivity index (χ1) is 16.0. The molecule has 0 N–H and O–H groups in total. The molecule has 4 rings (SSSR count). The highest BCUT2D eigenvalue weighted by Gasteiger charge is 2.10. The van der Waals surface area contributed by atoms with Gasteiger partial charge in [-0.3, -0.25) is 4.98 Å². The molecule has 33 heavy (non-hydrogen) atoms. The fourth-order valence-corrected chi connectivity index (χ4v) is 3.60. The number of hydrogen-bond donors (Lipinski definition) is 0. The first kappa shape index (κ1) is 22.4. The molecular weight excluding hydrogens is 427 g/mol. The average Bonchev–Trinajstić information content (AvgIpc) is 2.83. The van der Waals surface area contributed by atoms with E-state index in [2.05, 4.69) is 16.3 Å². The molecule has 0 bridgehead atoms. The lowest BCUT2D eigenvalue weighted by Gasteiger charge is -2.10. The number of alkyl halides is 2. The number of aryl methyl sites for hydroxylation is 2. The molecule has 0 amide bonds. The van der Waals surface area contributed by atoms with Crippen molar-refractivity contribution >= 4 is 10.8 Å². The third kappa shape index (κ3) is 5.52. The SMILES string of the molecule is C=CCOc1ccc(-c2ccc3c(F)c(CCc4ccc(OC(F)F)cc4)ccc3c2)nc1. The molecule has 0 aliphatic heterocycles. The van der Waals surface area contributed by atoms with Crippen LogP contribution in [0.25, 0.3) is 22.0 Å². The van der Waals surface area contributed by atoms with Crippen LogP contribution in [0.2, 0.25) is 0 Å². The topological polar surface area (TPSA) is 31.4 Å². The van der Waals surface area contributed by atoms with Crippen molar-refractivity contribution in [2.75, 3.05) is 6.61 Å². The third-order valence-electron chi connectivity index (χ3n) is 5.27. The van der Waals surface area contributed by atoms with Crippen molar-refractivity contribution in [3.05, 3.63) is 103 Å². The normalized spacial score (nSPS) is 11.0. The molecule has 0 radical (unpaired) electrons. The van der Waals surface area contributed by atoms with Gasteiger partial charge in [0.15, 0.2) is 0 Å². The monoisotopic (exact) mass is 449 g/mol. The highest BCUT2D eigenvalue weighted by atomic mass is 19.3. The summed E-state index contributed by atoms with van der Waals surface area (Å²) in [5.74, 6) is 0.513. The quantitative estimate of drug-likeness (QED) is 0.258. The molecule has 0 saturated heterocycles. The van der Waals surface area contributed by atoms with Gasteiger partial charge in [-0.1, -0.05) is 49.1 Å². The summed E-state index contributed by atoms with van der Waals surface area (Å²) in [5, 5.41) is 1.33. The van der Waals surface area contributed by atoms with Crippen LogP contribution in [0.15, 0.2) is 85.6 Å². The molecule has 1 aromatic heterocycles. The molecule has 0 saturated carbocycles. The van der Waals surface area contributed by atoms with E-state index in [1.807, 2.05) is 30.3 Å². The number of hydrogen-bond acceptors (Lipinski definition) is 3. The molecule has 0 atom stereocenters. The van der Waals surface area contributed by atoms with Gasteiger partial charge in [0.2, 0.25) is 0 Å². The number of halogens is 3. The van der Waals surface area contributed by atoms with Crippen molar-refractivity contribution in [1.29, 1.82) is 0 Å². The van der Waals surface area contributed by atoms with Crippen molar-refractivity contribution in [3.63, 3.8) is 0 Å². The Labute approximate surface area is 190 Å².